The molecular formula is C24H30OS. The lowest BCUT2D eigenvalue weighted by atomic mass is 10.0. The third-order valence-corrected chi connectivity index (χ3v) is 4.72. The van der Waals surface area contributed by atoms with Gasteiger partial charge in [0.15, 0.2) is 0 Å². The van der Waals surface area contributed by atoms with E-state index in [-0.39, 0.29) is 0 Å². The summed E-state index contributed by atoms with van der Waals surface area (Å²) in [6.45, 7) is 5.21. The Morgan fingerprint density at radius 3 is 2.50 bits per heavy atom. The molecule has 0 N–H and O–H groups in total. The van der Waals surface area contributed by atoms with E-state index in [0.717, 1.165) is 47.6 Å². The fourth-order valence-electron chi connectivity index (χ4n) is 2.86. The minimum Gasteiger partial charge on any atom is -0.493 e. The molecule has 0 aliphatic heterocycles. The predicted molar refractivity (Wildman–Crippen MR) is 117 cm³/mol. The van der Waals surface area contributed by atoms with E-state index in [1.807, 2.05) is 36.4 Å². The Morgan fingerprint density at radius 2 is 1.77 bits per heavy atom. The van der Waals surface area contributed by atoms with Crippen LogP contribution in [0.25, 0.3) is 6.08 Å². The largest absolute Gasteiger partial charge is 0.493 e. The molecule has 0 aromatic heterocycles. The van der Waals surface area contributed by atoms with Gasteiger partial charge in [0.2, 0.25) is 0 Å². The Morgan fingerprint density at radius 1 is 0.962 bits per heavy atom. The fraction of sp³-hybridized carbons (Fsp3) is 0.375. The molecule has 2 rings (SSSR count). The average Bonchev–Trinajstić information content (AvgIpc) is 2.68. The van der Waals surface area contributed by atoms with Crippen molar-refractivity contribution in [2.75, 3.05) is 6.61 Å². The molecule has 0 fully saturated rings. The van der Waals surface area contributed by atoms with Gasteiger partial charge in [-0.1, -0.05) is 94.2 Å². The van der Waals surface area contributed by atoms with E-state index in [9.17, 15) is 0 Å². The summed E-state index contributed by atoms with van der Waals surface area (Å²) in [5.41, 5.74) is 3.50. The number of aryl methyl sites for hydroxylation is 1. The molecule has 0 spiro atoms. The first-order valence-electron chi connectivity index (χ1n) is 9.77. The fourth-order valence-corrected chi connectivity index (χ4v) is 3.06. The second kappa shape index (κ2) is 11.6. The highest BCUT2D eigenvalue weighted by Crippen LogP contribution is 2.24. The van der Waals surface area contributed by atoms with Crippen molar-refractivity contribution in [2.45, 2.75) is 52.4 Å². The third-order valence-electron chi connectivity index (χ3n) is 4.34. The third kappa shape index (κ3) is 6.76. The zero-order chi connectivity index (χ0) is 18.6. The maximum absolute atomic E-state index is 6.11. The van der Waals surface area contributed by atoms with Crippen molar-refractivity contribution in [1.82, 2.24) is 0 Å². The Bertz CT molecular complexity index is 703. The van der Waals surface area contributed by atoms with Crippen molar-refractivity contribution in [3.63, 3.8) is 0 Å². The number of unbranched alkanes of at least 4 members (excludes halogenated alkanes) is 3. The lowest BCUT2D eigenvalue weighted by Gasteiger charge is -2.11. The van der Waals surface area contributed by atoms with E-state index in [2.05, 4.69) is 38.1 Å². The van der Waals surface area contributed by atoms with E-state index in [4.69, 9.17) is 17.0 Å². The number of thiocarbonyl (C=S) groups is 1. The topological polar surface area (TPSA) is 9.23 Å². The number of allylic oxidation sites excluding steroid dienone is 1. The molecule has 0 bridgehead atoms. The van der Waals surface area contributed by atoms with Gasteiger partial charge in [-0.15, -0.1) is 0 Å². The molecule has 2 aromatic carbocycles. The predicted octanol–water partition coefficient (Wildman–Crippen LogP) is 7.03. The monoisotopic (exact) mass is 366 g/mol. The SMILES string of the molecule is CCCCCCOc1cc(CCC)ccc1C=CC(=S)c1ccccc1. The molecule has 1 nitrogen and oxygen atoms in total. The van der Waals surface area contributed by atoms with Crippen molar-refractivity contribution >= 4 is 23.2 Å². The molecule has 0 saturated heterocycles. The Kier molecular flexibility index (Phi) is 9.13. The van der Waals surface area contributed by atoms with Gasteiger partial charge in [-0.3, -0.25) is 0 Å². The van der Waals surface area contributed by atoms with Crippen LogP contribution in [0.2, 0.25) is 0 Å². The molecule has 2 aromatic rings. The molecule has 0 saturated carbocycles. The first-order valence-corrected chi connectivity index (χ1v) is 10.2. The van der Waals surface area contributed by atoms with Crippen molar-refractivity contribution in [3.05, 3.63) is 71.3 Å². The quantitative estimate of drug-likeness (QED) is 0.183. The average molecular weight is 367 g/mol. The van der Waals surface area contributed by atoms with Gasteiger partial charge in [0.25, 0.3) is 0 Å². The van der Waals surface area contributed by atoms with E-state index in [1.54, 1.807) is 0 Å². The maximum atomic E-state index is 6.11. The van der Waals surface area contributed by atoms with Gasteiger partial charge in [0, 0.05) is 10.4 Å². The molecule has 26 heavy (non-hydrogen) atoms. The van der Waals surface area contributed by atoms with Crippen LogP contribution in [0.1, 0.15) is 62.6 Å². The first-order chi connectivity index (χ1) is 12.7. The summed E-state index contributed by atoms with van der Waals surface area (Å²) >= 11 is 5.54. The van der Waals surface area contributed by atoms with Gasteiger partial charge in [-0.2, -0.15) is 0 Å². The van der Waals surface area contributed by atoms with Crippen molar-refractivity contribution in [2.24, 2.45) is 0 Å². The molecule has 0 heterocycles. The van der Waals surface area contributed by atoms with Crippen LogP contribution in [0.5, 0.6) is 5.75 Å². The minimum atomic E-state index is 0.777. The summed E-state index contributed by atoms with van der Waals surface area (Å²) < 4.78 is 6.11. The summed E-state index contributed by atoms with van der Waals surface area (Å²) in [5, 5.41) is 0. The summed E-state index contributed by atoms with van der Waals surface area (Å²) in [6, 6.07) is 16.7. The van der Waals surface area contributed by atoms with E-state index in [0.29, 0.717) is 0 Å². The van der Waals surface area contributed by atoms with Crippen molar-refractivity contribution in [3.8, 4) is 5.75 Å². The summed E-state index contributed by atoms with van der Waals surface area (Å²) in [4.78, 5) is 0.845. The summed E-state index contributed by atoms with van der Waals surface area (Å²) in [5.74, 6) is 0.972. The second-order valence-electron chi connectivity index (χ2n) is 6.59. The molecule has 0 amide bonds. The zero-order valence-electron chi connectivity index (χ0n) is 16.0. The van der Waals surface area contributed by atoms with Crippen LogP contribution in [-0.4, -0.2) is 11.5 Å². The molecule has 0 unspecified atom stereocenters. The van der Waals surface area contributed by atoms with E-state index >= 15 is 0 Å². The molecule has 0 aliphatic rings. The number of rotatable bonds is 11. The molecular weight excluding hydrogens is 336 g/mol. The number of ether oxygens (including phenoxy) is 1. The second-order valence-corrected chi connectivity index (χ2v) is 7.03. The zero-order valence-corrected chi connectivity index (χ0v) is 16.9. The van der Waals surface area contributed by atoms with E-state index < -0.39 is 0 Å². The van der Waals surface area contributed by atoms with Crippen LogP contribution in [-0.2, 0) is 6.42 Å². The normalized spacial score (nSPS) is 11.0. The Hall–Kier alpha value is -1.93. The Labute approximate surface area is 164 Å². The maximum Gasteiger partial charge on any atom is 0.126 e. The number of benzene rings is 2. The number of hydrogen-bond acceptors (Lipinski definition) is 2. The van der Waals surface area contributed by atoms with Gasteiger partial charge in [0.1, 0.15) is 5.75 Å². The van der Waals surface area contributed by atoms with Crippen LogP contribution in [0.3, 0.4) is 0 Å². The van der Waals surface area contributed by atoms with Gasteiger partial charge >= 0.3 is 0 Å². The van der Waals surface area contributed by atoms with Crippen LogP contribution < -0.4 is 4.74 Å². The van der Waals surface area contributed by atoms with Gasteiger partial charge in [-0.05, 0) is 42.2 Å². The highest BCUT2D eigenvalue weighted by Gasteiger charge is 2.04. The van der Waals surface area contributed by atoms with Crippen molar-refractivity contribution in [1.29, 1.82) is 0 Å². The lowest BCUT2D eigenvalue weighted by molar-refractivity contribution is 0.304. The molecule has 2 heteroatoms. The Balaban J connectivity index is 2.09. The molecule has 138 valence electrons. The summed E-state index contributed by atoms with van der Waals surface area (Å²) in [6.07, 6.45) is 11.2. The van der Waals surface area contributed by atoms with Gasteiger partial charge in [0.05, 0.1) is 6.61 Å². The molecule has 0 atom stereocenters. The highest BCUT2D eigenvalue weighted by atomic mass is 32.1. The number of hydrogen-bond donors (Lipinski definition) is 0. The summed E-state index contributed by atoms with van der Waals surface area (Å²) in [7, 11) is 0. The highest BCUT2D eigenvalue weighted by molar-refractivity contribution is 7.81. The van der Waals surface area contributed by atoms with E-state index in [1.165, 1.54) is 24.8 Å². The minimum absolute atomic E-state index is 0.777. The van der Waals surface area contributed by atoms with Crippen LogP contribution in [0.15, 0.2) is 54.6 Å². The van der Waals surface area contributed by atoms with Crippen LogP contribution in [0, 0.1) is 0 Å². The lowest BCUT2D eigenvalue weighted by Crippen LogP contribution is -2.00. The van der Waals surface area contributed by atoms with Crippen LogP contribution in [0.4, 0.5) is 0 Å². The standard InChI is InChI=1S/C24H30OS/c1-3-5-6-10-18-25-23-19-20(11-4-2)14-15-21(23)16-17-24(26)22-12-8-7-9-13-22/h7-9,12-17,19H,3-6,10-11,18H2,1-2H3. The van der Waals surface area contributed by atoms with Gasteiger partial charge in [-0.25, -0.2) is 0 Å². The van der Waals surface area contributed by atoms with Crippen LogP contribution >= 0.6 is 12.2 Å². The molecule has 0 aliphatic carbocycles. The van der Waals surface area contributed by atoms with Crippen molar-refractivity contribution < 1.29 is 4.74 Å². The first kappa shape index (κ1) is 20.4. The smallest absolute Gasteiger partial charge is 0.126 e. The molecule has 0 radical (unpaired) electrons. The van der Waals surface area contributed by atoms with Gasteiger partial charge < -0.3 is 4.74 Å².